The second-order valence-electron chi connectivity index (χ2n) is 4.45. The van der Waals surface area contributed by atoms with Crippen LogP contribution in [0.2, 0.25) is 0 Å². The molecule has 0 aromatic carbocycles. The summed E-state index contributed by atoms with van der Waals surface area (Å²) in [6.07, 6.45) is 3.41. The first-order valence-corrected chi connectivity index (χ1v) is 7.35. The molecule has 0 fully saturated rings. The number of hydrogen-bond acceptors (Lipinski definition) is 3. The Morgan fingerprint density at radius 2 is 2.00 bits per heavy atom. The van der Waals surface area contributed by atoms with Gasteiger partial charge in [0.05, 0.1) is 22.9 Å². The Morgan fingerprint density at radius 1 is 1.30 bits per heavy atom. The number of halogens is 1. The van der Waals surface area contributed by atoms with Crippen molar-refractivity contribution in [1.29, 1.82) is 0 Å². The summed E-state index contributed by atoms with van der Waals surface area (Å²) in [6, 6.07) is 1.74. The van der Waals surface area contributed by atoms with Gasteiger partial charge in [-0.3, -0.25) is 14.2 Å². The maximum absolute atomic E-state index is 12.4. The van der Waals surface area contributed by atoms with Gasteiger partial charge in [0.15, 0.2) is 0 Å². The van der Waals surface area contributed by atoms with E-state index in [1.807, 2.05) is 18.5 Å². The predicted octanol–water partition coefficient (Wildman–Crippen LogP) is 2.15. The first-order chi connectivity index (χ1) is 9.58. The quantitative estimate of drug-likeness (QED) is 0.838. The van der Waals surface area contributed by atoms with Gasteiger partial charge in [0.2, 0.25) is 0 Å². The van der Waals surface area contributed by atoms with Gasteiger partial charge in [-0.25, -0.2) is 0 Å². The van der Waals surface area contributed by atoms with Gasteiger partial charge >= 0.3 is 0 Å². The van der Waals surface area contributed by atoms with Crippen LogP contribution in [0.25, 0.3) is 0 Å². The molecule has 1 amide bonds. The number of aryl methyl sites for hydroxylation is 2. The molecule has 2 heterocycles. The average Bonchev–Trinajstić information content (AvgIpc) is 3.05. The van der Waals surface area contributed by atoms with E-state index >= 15 is 0 Å². The Hall–Kier alpha value is -1.63. The summed E-state index contributed by atoms with van der Waals surface area (Å²) in [5.41, 5.74) is 1.60. The molecule has 0 N–H and O–H groups in total. The van der Waals surface area contributed by atoms with Crippen LogP contribution in [0.3, 0.4) is 0 Å². The van der Waals surface area contributed by atoms with E-state index in [2.05, 4.69) is 26.1 Å². The Morgan fingerprint density at radius 3 is 2.65 bits per heavy atom. The highest BCUT2D eigenvalue weighted by molar-refractivity contribution is 9.10. The molecule has 0 unspecified atom stereocenters. The number of hydrogen-bond donors (Lipinski definition) is 0. The normalized spacial score (nSPS) is 10.8. The third kappa shape index (κ3) is 2.77. The molecular formula is C13H18BrN5O. The fraction of sp³-hybridized carbons (Fsp3) is 0.462. The molecule has 2 rings (SSSR count). The molecule has 0 saturated heterocycles. The zero-order valence-electron chi connectivity index (χ0n) is 11.9. The molecule has 2 aromatic rings. The number of carbonyl (C=O) groups is 1. The van der Waals surface area contributed by atoms with E-state index in [0.29, 0.717) is 18.8 Å². The SMILES string of the molecule is CCn1nccc1C(=O)N(C)Cc1c(Br)cnn1CC. The van der Waals surface area contributed by atoms with Crippen LogP contribution in [0.15, 0.2) is 22.9 Å². The minimum atomic E-state index is -0.0416. The van der Waals surface area contributed by atoms with Crippen molar-refractivity contribution in [3.05, 3.63) is 34.3 Å². The minimum absolute atomic E-state index is 0.0416. The molecule has 0 aliphatic carbocycles. The molecule has 7 heteroatoms. The standard InChI is InChI=1S/C13H18BrN5O/c1-4-18-11(6-7-15-18)13(20)17(3)9-12-10(14)8-16-19(12)5-2/h6-8H,4-5,9H2,1-3H3. The number of nitrogens with zero attached hydrogens (tertiary/aromatic N) is 5. The number of rotatable bonds is 5. The van der Waals surface area contributed by atoms with Crippen molar-refractivity contribution in [3.63, 3.8) is 0 Å². The van der Waals surface area contributed by atoms with Gasteiger partial charge in [-0.1, -0.05) is 0 Å². The van der Waals surface area contributed by atoms with Crippen molar-refractivity contribution < 1.29 is 4.79 Å². The Balaban J connectivity index is 2.17. The molecule has 20 heavy (non-hydrogen) atoms. The summed E-state index contributed by atoms with van der Waals surface area (Å²) >= 11 is 3.47. The highest BCUT2D eigenvalue weighted by Crippen LogP contribution is 2.18. The first-order valence-electron chi connectivity index (χ1n) is 6.55. The lowest BCUT2D eigenvalue weighted by molar-refractivity contribution is 0.0769. The van der Waals surface area contributed by atoms with Crippen molar-refractivity contribution >= 4 is 21.8 Å². The van der Waals surface area contributed by atoms with Gasteiger partial charge in [0.1, 0.15) is 5.69 Å². The molecule has 0 saturated carbocycles. The fourth-order valence-electron chi connectivity index (χ4n) is 2.08. The zero-order valence-corrected chi connectivity index (χ0v) is 13.5. The molecular weight excluding hydrogens is 322 g/mol. The Bertz CT molecular complexity index is 604. The highest BCUT2D eigenvalue weighted by atomic mass is 79.9. The van der Waals surface area contributed by atoms with E-state index in [0.717, 1.165) is 16.7 Å². The van der Waals surface area contributed by atoms with Gasteiger partial charge in [0, 0.05) is 26.3 Å². The molecule has 6 nitrogen and oxygen atoms in total. The number of carbonyl (C=O) groups excluding carboxylic acids is 1. The summed E-state index contributed by atoms with van der Waals surface area (Å²) in [4.78, 5) is 14.1. The molecule has 108 valence electrons. The molecule has 0 atom stereocenters. The van der Waals surface area contributed by atoms with Crippen LogP contribution < -0.4 is 0 Å². The largest absolute Gasteiger partial charge is 0.334 e. The van der Waals surface area contributed by atoms with Crippen molar-refractivity contribution in [2.24, 2.45) is 0 Å². The third-order valence-electron chi connectivity index (χ3n) is 3.17. The number of aromatic nitrogens is 4. The van der Waals surface area contributed by atoms with Crippen molar-refractivity contribution in [1.82, 2.24) is 24.5 Å². The molecule has 0 aliphatic rings. The Labute approximate surface area is 126 Å². The van der Waals surface area contributed by atoms with Crippen molar-refractivity contribution in [2.45, 2.75) is 33.5 Å². The van der Waals surface area contributed by atoms with E-state index in [4.69, 9.17) is 0 Å². The Kier molecular flexibility index (Phi) is 4.59. The summed E-state index contributed by atoms with van der Waals surface area (Å²) in [7, 11) is 1.79. The molecule has 0 spiro atoms. The van der Waals surface area contributed by atoms with E-state index in [-0.39, 0.29) is 5.91 Å². The van der Waals surface area contributed by atoms with Crippen LogP contribution in [-0.2, 0) is 19.6 Å². The fourth-order valence-corrected chi connectivity index (χ4v) is 2.50. The lowest BCUT2D eigenvalue weighted by atomic mass is 10.3. The smallest absolute Gasteiger partial charge is 0.272 e. The average molecular weight is 340 g/mol. The predicted molar refractivity (Wildman–Crippen MR) is 79.3 cm³/mol. The lowest BCUT2D eigenvalue weighted by Gasteiger charge is -2.18. The van der Waals surface area contributed by atoms with Crippen LogP contribution in [0.5, 0.6) is 0 Å². The van der Waals surface area contributed by atoms with E-state index in [1.165, 1.54) is 0 Å². The van der Waals surface area contributed by atoms with Crippen LogP contribution in [0, 0.1) is 0 Å². The maximum atomic E-state index is 12.4. The molecule has 0 radical (unpaired) electrons. The second-order valence-corrected chi connectivity index (χ2v) is 5.30. The highest BCUT2D eigenvalue weighted by Gasteiger charge is 2.18. The zero-order chi connectivity index (χ0) is 14.7. The van der Waals surface area contributed by atoms with Crippen LogP contribution in [0.1, 0.15) is 30.0 Å². The monoisotopic (exact) mass is 339 g/mol. The summed E-state index contributed by atoms with van der Waals surface area (Å²) < 4.78 is 4.50. The van der Waals surface area contributed by atoms with Gasteiger partial charge in [-0.15, -0.1) is 0 Å². The van der Waals surface area contributed by atoms with Crippen LogP contribution in [0.4, 0.5) is 0 Å². The third-order valence-corrected chi connectivity index (χ3v) is 3.83. The van der Waals surface area contributed by atoms with Crippen LogP contribution in [-0.4, -0.2) is 37.4 Å². The lowest BCUT2D eigenvalue weighted by Crippen LogP contribution is -2.29. The molecule has 0 bridgehead atoms. The summed E-state index contributed by atoms with van der Waals surface area (Å²) in [5.74, 6) is -0.0416. The van der Waals surface area contributed by atoms with Gasteiger partial charge in [-0.2, -0.15) is 10.2 Å². The topological polar surface area (TPSA) is 56.0 Å². The van der Waals surface area contributed by atoms with Crippen molar-refractivity contribution in [2.75, 3.05) is 7.05 Å². The van der Waals surface area contributed by atoms with E-state index in [9.17, 15) is 4.79 Å². The second kappa shape index (κ2) is 6.21. The van der Waals surface area contributed by atoms with E-state index in [1.54, 1.807) is 35.1 Å². The first kappa shape index (κ1) is 14.8. The van der Waals surface area contributed by atoms with E-state index < -0.39 is 0 Å². The molecule has 2 aromatic heterocycles. The summed E-state index contributed by atoms with van der Waals surface area (Å²) in [6.45, 7) is 5.94. The van der Waals surface area contributed by atoms with Crippen LogP contribution >= 0.6 is 15.9 Å². The minimum Gasteiger partial charge on any atom is -0.334 e. The number of amides is 1. The van der Waals surface area contributed by atoms with Gasteiger partial charge in [-0.05, 0) is 35.8 Å². The van der Waals surface area contributed by atoms with Crippen molar-refractivity contribution in [3.8, 4) is 0 Å². The maximum Gasteiger partial charge on any atom is 0.272 e. The van der Waals surface area contributed by atoms with Gasteiger partial charge < -0.3 is 4.90 Å². The summed E-state index contributed by atoms with van der Waals surface area (Å²) in [5, 5.41) is 8.39. The van der Waals surface area contributed by atoms with Gasteiger partial charge in [0.25, 0.3) is 5.91 Å². The molecule has 0 aliphatic heterocycles.